The van der Waals surface area contributed by atoms with Gasteiger partial charge in [0.15, 0.2) is 0 Å². The molecule has 1 amide bonds. The molecule has 0 aliphatic carbocycles. The maximum absolute atomic E-state index is 12.8. The lowest BCUT2D eigenvalue weighted by molar-refractivity contribution is -0.112. The van der Waals surface area contributed by atoms with Crippen LogP contribution in [-0.2, 0) is 4.79 Å². The van der Waals surface area contributed by atoms with Crippen LogP contribution in [0.3, 0.4) is 0 Å². The summed E-state index contributed by atoms with van der Waals surface area (Å²) in [4.78, 5) is 16.5. The Bertz CT molecular complexity index is 737. The van der Waals surface area contributed by atoms with E-state index in [1.54, 1.807) is 4.90 Å². The number of anilines is 2. The van der Waals surface area contributed by atoms with Crippen molar-refractivity contribution < 1.29 is 4.79 Å². The number of hydrogen-bond donors (Lipinski definition) is 0. The molecule has 106 valence electrons. The third kappa shape index (κ3) is 2.47. The zero-order chi connectivity index (χ0) is 15.0. The largest absolute Gasteiger partial charge is 0.383 e. The van der Waals surface area contributed by atoms with E-state index in [9.17, 15) is 4.79 Å². The van der Waals surface area contributed by atoms with Crippen LogP contribution in [-0.4, -0.2) is 24.9 Å². The summed E-state index contributed by atoms with van der Waals surface area (Å²) in [5.41, 5.74) is 3.48. The summed E-state index contributed by atoms with van der Waals surface area (Å²) in [5.74, 6) is 0.00278. The number of carbonyl (C=O) groups is 1. The minimum atomic E-state index is 0.00278. The van der Waals surface area contributed by atoms with E-state index in [1.807, 2.05) is 73.7 Å². The Hall–Kier alpha value is -2.07. The summed E-state index contributed by atoms with van der Waals surface area (Å²) in [6.07, 6.45) is 1.87. The normalized spacial score (nSPS) is 15.5. The van der Waals surface area contributed by atoms with Crippen LogP contribution in [0.1, 0.15) is 5.56 Å². The van der Waals surface area contributed by atoms with Crippen molar-refractivity contribution in [1.82, 2.24) is 4.90 Å². The Morgan fingerprint density at radius 3 is 2.57 bits per heavy atom. The average molecular weight is 343 g/mol. The van der Waals surface area contributed by atoms with E-state index in [1.165, 1.54) is 0 Å². The van der Waals surface area contributed by atoms with E-state index >= 15 is 0 Å². The topological polar surface area (TPSA) is 23.6 Å². The van der Waals surface area contributed by atoms with E-state index in [4.69, 9.17) is 0 Å². The molecule has 0 N–H and O–H groups in total. The molecule has 2 aromatic carbocycles. The summed E-state index contributed by atoms with van der Waals surface area (Å²) >= 11 is 3.46. The number of carbonyl (C=O) groups excluding carboxylic acids is 1. The lowest BCUT2D eigenvalue weighted by Crippen LogP contribution is -2.21. The molecule has 21 heavy (non-hydrogen) atoms. The SMILES string of the molecule is CN(C)C=C1C(=O)N(c2cccc(Br)c2)c2ccccc21. The van der Waals surface area contributed by atoms with Crippen LogP contribution in [0.25, 0.3) is 5.57 Å². The Labute approximate surface area is 132 Å². The molecule has 3 rings (SSSR count). The third-order valence-corrected chi connectivity index (χ3v) is 3.82. The van der Waals surface area contributed by atoms with E-state index in [0.29, 0.717) is 0 Å². The van der Waals surface area contributed by atoms with Crippen LogP contribution >= 0.6 is 15.9 Å². The van der Waals surface area contributed by atoms with Crippen LogP contribution < -0.4 is 4.90 Å². The molecule has 1 heterocycles. The molecule has 0 saturated carbocycles. The van der Waals surface area contributed by atoms with Gasteiger partial charge in [0.25, 0.3) is 5.91 Å². The summed E-state index contributed by atoms with van der Waals surface area (Å²) in [5, 5.41) is 0. The maximum atomic E-state index is 12.8. The summed E-state index contributed by atoms with van der Waals surface area (Å²) in [7, 11) is 3.84. The van der Waals surface area contributed by atoms with E-state index in [0.717, 1.165) is 27.0 Å². The molecule has 1 aliphatic rings. The highest BCUT2D eigenvalue weighted by Crippen LogP contribution is 2.41. The predicted octanol–water partition coefficient (Wildman–Crippen LogP) is 4.03. The Kier molecular flexibility index (Phi) is 3.55. The van der Waals surface area contributed by atoms with Gasteiger partial charge in [0.1, 0.15) is 0 Å². The Morgan fingerprint density at radius 2 is 1.86 bits per heavy atom. The first-order chi connectivity index (χ1) is 10.1. The predicted molar refractivity (Wildman–Crippen MR) is 89.4 cm³/mol. The highest BCUT2D eigenvalue weighted by Gasteiger charge is 2.33. The molecule has 0 atom stereocenters. The first-order valence-electron chi connectivity index (χ1n) is 6.65. The number of para-hydroxylation sites is 1. The van der Waals surface area contributed by atoms with Crippen LogP contribution in [0.5, 0.6) is 0 Å². The van der Waals surface area contributed by atoms with E-state index < -0.39 is 0 Å². The molecule has 0 spiro atoms. The highest BCUT2D eigenvalue weighted by molar-refractivity contribution is 9.10. The van der Waals surface area contributed by atoms with Gasteiger partial charge >= 0.3 is 0 Å². The fourth-order valence-corrected chi connectivity index (χ4v) is 2.88. The van der Waals surface area contributed by atoms with Gasteiger partial charge in [0, 0.05) is 30.3 Å². The third-order valence-electron chi connectivity index (χ3n) is 3.32. The fraction of sp³-hybridized carbons (Fsp3) is 0.118. The number of fused-ring (bicyclic) bond motifs is 1. The number of halogens is 1. The van der Waals surface area contributed by atoms with Gasteiger partial charge in [-0.3, -0.25) is 9.69 Å². The van der Waals surface area contributed by atoms with Crippen molar-refractivity contribution in [2.45, 2.75) is 0 Å². The summed E-state index contributed by atoms with van der Waals surface area (Å²) < 4.78 is 0.954. The molecule has 4 heteroatoms. The second kappa shape index (κ2) is 5.37. The molecule has 2 aromatic rings. The molecule has 0 unspecified atom stereocenters. The summed E-state index contributed by atoms with van der Waals surface area (Å²) in [6, 6.07) is 15.7. The van der Waals surface area contributed by atoms with Gasteiger partial charge in [-0.2, -0.15) is 0 Å². The number of hydrogen-bond acceptors (Lipinski definition) is 2. The maximum Gasteiger partial charge on any atom is 0.265 e. The summed E-state index contributed by atoms with van der Waals surface area (Å²) in [6.45, 7) is 0. The van der Waals surface area contributed by atoms with Gasteiger partial charge < -0.3 is 4.90 Å². The van der Waals surface area contributed by atoms with E-state index in [-0.39, 0.29) is 5.91 Å². The molecule has 0 fully saturated rings. The zero-order valence-electron chi connectivity index (χ0n) is 11.9. The number of amides is 1. The molecule has 3 nitrogen and oxygen atoms in total. The van der Waals surface area contributed by atoms with Crippen LogP contribution in [0.4, 0.5) is 11.4 Å². The molecule has 0 bridgehead atoms. The van der Waals surface area contributed by atoms with Crippen molar-refractivity contribution in [3.63, 3.8) is 0 Å². The van der Waals surface area contributed by atoms with Crippen LogP contribution in [0.15, 0.2) is 59.2 Å². The molecule has 0 aromatic heterocycles. The fourth-order valence-electron chi connectivity index (χ4n) is 2.50. The van der Waals surface area contributed by atoms with Crippen molar-refractivity contribution >= 4 is 38.8 Å². The van der Waals surface area contributed by atoms with Gasteiger partial charge in [0.2, 0.25) is 0 Å². The van der Waals surface area contributed by atoms with Gasteiger partial charge in [-0.25, -0.2) is 0 Å². The van der Waals surface area contributed by atoms with Crippen molar-refractivity contribution in [2.75, 3.05) is 19.0 Å². The minimum absolute atomic E-state index is 0.00278. The number of rotatable bonds is 2. The second-order valence-electron chi connectivity index (χ2n) is 5.14. The van der Waals surface area contributed by atoms with Crippen molar-refractivity contribution in [2.24, 2.45) is 0 Å². The first-order valence-corrected chi connectivity index (χ1v) is 7.45. The monoisotopic (exact) mass is 342 g/mol. The van der Waals surface area contributed by atoms with Crippen molar-refractivity contribution in [3.8, 4) is 0 Å². The zero-order valence-corrected chi connectivity index (χ0v) is 13.5. The molecular weight excluding hydrogens is 328 g/mol. The van der Waals surface area contributed by atoms with Crippen molar-refractivity contribution in [3.05, 3.63) is 64.8 Å². The standard InChI is InChI=1S/C17H15BrN2O/c1-19(2)11-15-14-8-3-4-9-16(14)20(17(15)21)13-7-5-6-12(18)10-13/h3-11H,1-2H3. The Morgan fingerprint density at radius 1 is 1.10 bits per heavy atom. The number of nitrogens with zero attached hydrogens (tertiary/aromatic N) is 2. The van der Waals surface area contributed by atoms with Gasteiger partial charge in [-0.1, -0.05) is 40.2 Å². The molecule has 1 aliphatic heterocycles. The van der Waals surface area contributed by atoms with Crippen LogP contribution in [0.2, 0.25) is 0 Å². The minimum Gasteiger partial charge on any atom is -0.383 e. The lowest BCUT2D eigenvalue weighted by atomic mass is 10.1. The lowest BCUT2D eigenvalue weighted by Gasteiger charge is -2.17. The molecular formula is C17H15BrN2O. The van der Waals surface area contributed by atoms with E-state index in [2.05, 4.69) is 15.9 Å². The Balaban J connectivity index is 2.17. The number of benzene rings is 2. The smallest absolute Gasteiger partial charge is 0.265 e. The quantitative estimate of drug-likeness (QED) is 0.769. The van der Waals surface area contributed by atoms with Gasteiger partial charge in [-0.05, 0) is 24.3 Å². The molecule has 0 saturated heterocycles. The average Bonchev–Trinajstić information content (AvgIpc) is 2.71. The van der Waals surface area contributed by atoms with Crippen LogP contribution in [0, 0.1) is 0 Å². The second-order valence-corrected chi connectivity index (χ2v) is 6.06. The van der Waals surface area contributed by atoms with Gasteiger partial charge in [0.05, 0.1) is 16.9 Å². The first kappa shape index (κ1) is 13.9. The highest BCUT2D eigenvalue weighted by atomic mass is 79.9. The van der Waals surface area contributed by atoms with Gasteiger partial charge in [-0.15, -0.1) is 0 Å². The molecule has 0 radical (unpaired) electrons. The van der Waals surface area contributed by atoms with Crippen molar-refractivity contribution in [1.29, 1.82) is 0 Å².